The molecule has 3 aromatic carbocycles. The highest BCUT2D eigenvalue weighted by molar-refractivity contribution is 6.02. The van der Waals surface area contributed by atoms with Gasteiger partial charge in [0.1, 0.15) is 22.8 Å². The predicted molar refractivity (Wildman–Crippen MR) is 177 cm³/mol. The summed E-state index contributed by atoms with van der Waals surface area (Å²) in [5.74, 6) is -0.451. The van der Waals surface area contributed by atoms with Crippen molar-refractivity contribution in [3.63, 3.8) is 0 Å². The lowest BCUT2D eigenvalue weighted by atomic mass is 9.82. The van der Waals surface area contributed by atoms with E-state index in [1.807, 2.05) is 19.9 Å². The standard InChI is InChI=1S/C37H35N3O8/c1-3-46-31-17-25(18-32(47-4-2)33(31)22-5-7-23(8-6-22)36(44)45)35(43)40-13-11-37(12-14-40)19-29(41)28-16-24(9-10-30(28)48-37)26-15-27(34(38)42)21-39-20-26/h5-10,15-18,20-21H,3-4,11-14,19H2,1-2H3,(H2,38,42)(H,44,45). The Balaban J connectivity index is 1.20. The molecule has 11 nitrogen and oxygen atoms in total. The van der Waals surface area contributed by atoms with E-state index in [-0.39, 0.29) is 29.2 Å². The summed E-state index contributed by atoms with van der Waals surface area (Å²) in [5.41, 5.74) is 8.70. The lowest BCUT2D eigenvalue weighted by Gasteiger charge is -2.44. The zero-order chi connectivity index (χ0) is 34.0. The average Bonchev–Trinajstić information content (AvgIpc) is 3.08. The molecule has 1 fully saturated rings. The Hall–Kier alpha value is -5.71. The van der Waals surface area contributed by atoms with Gasteiger partial charge in [-0.15, -0.1) is 0 Å². The number of ether oxygens (including phenoxy) is 3. The fraction of sp³-hybridized carbons (Fsp3) is 0.270. The molecule has 0 saturated carbocycles. The second-order valence-electron chi connectivity index (χ2n) is 11.8. The Bertz CT molecular complexity index is 1890. The largest absolute Gasteiger partial charge is 0.493 e. The Morgan fingerprint density at radius 1 is 0.854 bits per heavy atom. The summed E-state index contributed by atoms with van der Waals surface area (Å²) in [4.78, 5) is 56.2. The van der Waals surface area contributed by atoms with Gasteiger partial charge in [-0.25, -0.2) is 4.79 Å². The third kappa shape index (κ3) is 6.31. The first kappa shape index (κ1) is 32.2. The predicted octanol–water partition coefficient (Wildman–Crippen LogP) is 5.65. The molecule has 1 saturated heterocycles. The first-order valence-corrected chi connectivity index (χ1v) is 15.8. The number of carboxylic acids is 1. The van der Waals surface area contributed by atoms with Crippen molar-refractivity contribution in [3.8, 4) is 39.5 Å². The van der Waals surface area contributed by atoms with E-state index >= 15 is 0 Å². The van der Waals surface area contributed by atoms with Crippen molar-refractivity contribution in [2.45, 2.75) is 38.7 Å². The highest BCUT2D eigenvalue weighted by atomic mass is 16.5. The maximum absolute atomic E-state index is 13.9. The van der Waals surface area contributed by atoms with Crippen LogP contribution < -0.4 is 19.9 Å². The SMILES string of the molecule is CCOc1cc(C(=O)N2CCC3(CC2)CC(=O)c2cc(-c4cncc(C(N)=O)c4)ccc2O3)cc(OCC)c1-c1ccc(C(=O)O)cc1. The van der Waals surface area contributed by atoms with E-state index in [0.717, 1.165) is 5.56 Å². The molecule has 1 spiro atoms. The topological polar surface area (TPSA) is 158 Å². The molecule has 2 aliphatic heterocycles. The van der Waals surface area contributed by atoms with E-state index < -0.39 is 17.5 Å². The second-order valence-corrected chi connectivity index (χ2v) is 11.8. The molecule has 6 rings (SSSR count). The van der Waals surface area contributed by atoms with Crippen LogP contribution in [-0.2, 0) is 0 Å². The van der Waals surface area contributed by atoms with Crippen LogP contribution in [-0.4, -0.2) is 70.5 Å². The number of benzene rings is 3. The van der Waals surface area contributed by atoms with Crippen molar-refractivity contribution in [2.75, 3.05) is 26.3 Å². The van der Waals surface area contributed by atoms with Crippen molar-refractivity contribution in [1.82, 2.24) is 9.88 Å². The van der Waals surface area contributed by atoms with Crippen LogP contribution in [0.25, 0.3) is 22.3 Å². The summed E-state index contributed by atoms with van der Waals surface area (Å²) in [5, 5.41) is 9.32. The van der Waals surface area contributed by atoms with Crippen LogP contribution in [0.4, 0.5) is 0 Å². The highest BCUT2D eigenvalue weighted by Crippen LogP contribution is 2.43. The molecule has 0 atom stereocenters. The van der Waals surface area contributed by atoms with Gasteiger partial charge < -0.3 is 30.0 Å². The summed E-state index contributed by atoms with van der Waals surface area (Å²) < 4.78 is 18.4. The molecule has 246 valence electrons. The van der Waals surface area contributed by atoms with E-state index in [0.29, 0.717) is 84.2 Å². The number of primary amides is 1. The molecule has 48 heavy (non-hydrogen) atoms. The lowest BCUT2D eigenvalue weighted by Crippen LogP contribution is -2.52. The number of hydrogen-bond acceptors (Lipinski definition) is 8. The molecule has 0 radical (unpaired) electrons. The van der Waals surface area contributed by atoms with E-state index in [4.69, 9.17) is 19.9 Å². The Labute approximate surface area is 277 Å². The van der Waals surface area contributed by atoms with Gasteiger partial charge in [-0.05, 0) is 67.4 Å². The summed E-state index contributed by atoms with van der Waals surface area (Å²) >= 11 is 0. The van der Waals surface area contributed by atoms with Gasteiger partial charge in [0.2, 0.25) is 5.91 Å². The van der Waals surface area contributed by atoms with E-state index in [9.17, 15) is 24.3 Å². The number of amides is 2. The molecule has 0 unspecified atom stereocenters. The van der Waals surface area contributed by atoms with Crippen LogP contribution in [0.15, 0.2) is 73.1 Å². The van der Waals surface area contributed by atoms with Crippen LogP contribution in [0.2, 0.25) is 0 Å². The number of carbonyl (C=O) groups excluding carboxylic acids is 3. The normalized spacial score (nSPS) is 15.0. The van der Waals surface area contributed by atoms with Gasteiger partial charge in [0.25, 0.3) is 5.91 Å². The monoisotopic (exact) mass is 649 g/mol. The fourth-order valence-electron chi connectivity index (χ4n) is 6.30. The molecule has 11 heteroatoms. The van der Waals surface area contributed by atoms with Gasteiger partial charge in [0.05, 0.1) is 41.9 Å². The minimum Gasteiger partial charge on any atom is -0.493 e. The number of piperidine rings is 1. The fourth-order valence-corrected chi connectivity index (χ4v) is 6.30. The number of pyridine rings is 1. The maximum atomic E-state index is 13.9. The molecule has 3 N–H and O–H groups in total. The number of nitrogens with zero attached hydrogens (tertiary/aromatic N) is 2. The number of aromatic carboxylic acids is 1. The lowest BCUT2D eigenvalue weighted by molar-refractivity contribution is -0.00574. The zero-order valence-electron chi connectivity index (χ0n) is 26.7. The van der Waals surface area contributed by atoms with Crippen LogP contribution in [0.3, 0.4) is 0 Å². The first-order chi connectivity index (χ1) is 23.1. The minimum absolute atomic E-state index is 0.0495. The number of aromatic nitrogens is 1. The molecule has 3 heterocycles. The van der Waals surface area contributed by atoms with Crippen LogP contribution in [0.5, 0.6) is 17.2 Å². The van der Waals surface area contributed by atoms with Gasteiger partial charge in [-0.2, -0.15) is 0 Å². The Morgan fingerprint density at radius 2 is 1.50 bits per heavy atom. The molecule has 0 bridgehead atoms. The van der Waals surface area contributed by atoms with E-state index in [2.05, 4.69) is 4.98 Å². The smallest absolute Gasteiger partial charge is 0.335 e. The number of Topliss-reactive ketones (excluding diaryl/α,β-unsaturated/α-hetero) is 1. The number of likely N-dealkylation sites (tertiary alicyclic amines) is 1. The number of nitrogens with two attached hydrogens (primary N) is 1. The van der Waals surface area contributed by atoms with Gasteiger partial charge in [-0.1, -0.05) is 18.2 Å². The third-order valence-electron chi connectivity index (χ3n) is 8.74. The van der Waals surface area contributed by atoms with Gasteiger partial charge in [0.15, 0.2) is 5.78 Å². The average molecular weight is 650 g/mol. The summed E-state index contributed by atoms with van der Waals surface area (Å²) in [7, 11) is 0. The van der Waals surface area contributed by atoms with Crippen LogP contribution in [0, 0.1) is 0 Å². The number of fused-ring (bicyclic) bond motifs is 1. The molecule has 2 aliphatic rings. The van der Waals surface area contributed by atoms with Crippen molar-refractivity contribution < 1.29 is 38.5 Å². The van der Waals surface area contributed by atoms with Gasteiger partial charge >= 0.3 is 5.97 Å². The minimum atomic E-state index is -1.02. The van der Waals surface area contributed by atoms with Crippen molar-refractivity contribution in [1.29, 1.82) is 0 Å². The molecule has 1 aromatic heterocycles. The summed E-state index contributed by atoms with van der Waals surface area (Å²) in [6.07, 6.45) is 4.14. The van der Waals surface area contributed by atoms with Crippen LogP contribution >= 0.6 is 0 Å². The zero-order valence-corrected chi connectivity index (χ0v) is 26.7. The Morgan fingerprint density at radius 3 is 2.10 bits per heavy atom. The first-order valence-electron chi connectivity index (χ1n) is 15.8. The number of ketones is 1. The third-order valence-corrected chi connectivity index (χ3v) is 8.74. The van der Waals surface area contributed by atoms with Gasteiger partial charge in [0, 0.05) is 49.5 Å². The van der Waals surface area contributed by atoms with E-state index in [1.165, 1.54) is 18.3 Å². The maximum Gasteiger partial charge on any atom is 0.335 e. The number of carboxylic acid groups (broad SMARTS) is 1. The molecule has 0 aliphatic carbocycles. The molecule has 4 aromatic rings. The molecular weight excluding hydrogens is 614 g/mol. The van der Waals surface area contributed by atoms with Crippen molar-refractivity contribution in [3.05, 3.63) is 95.3 Å². The second kappa shape index (κ2) is 13.2. The summed E-state index contributed by atoms with van der Waals surface area (Å²) in [6, 6.07) is 16.8. The number of carbonyl (C=O) groups is 4. The number of rotatable bonds is 9. The van der Waals surface area contributed by atoms with Crippen molar-refractivity contribution in [2.24, 2.45) is 5.73 Å². The quantitative estimate of drug-likeness (QED) is 0.234. The Kier molecular flexibility index (Phi) is 8.86. The molecular formula is C37H35N3O8. The van der Waals surface area contributed by atoms with E-state index in [1.54, 1.807) is 53.6 Å². The van der Waals surface area contributed by atoms with Crippen molar-refractivity contribution >= 4 is 23.6 Å². The van der Waals surface area contributed by atoms with Crippen LogP contribution in [0.1, 0.15) is 74.5 Å². The number of hydrogen-bond donors (Lipinski definition) is 2. The van der Waals surface area contributed by atoms with Gasteiger partial charge in [-0.3, -0.25) is 19.4 Å². The summed E-state index contributed by atoms with van der Waals surface area (Å²) in [6.45, 7) is 5.16. The highest BCUT2D eigenvalue weighted by Gasteiger charge is 2.44. The molecule has 2 amide bonds.